The average Bonchev–Trinajstić information content (AvgIpc) is 3.24. The van der Waals surface area contributed by atoms with Crippen molar-refractivity contribution >= 4 is 11.8 Å². The monoisotopic (exact) mass is 370 g/mol. The first kappa shape index (κ1) is 18.4. The van der Waals surface area contributed by atoms with E-state index in [1.807, 2.05) is 4.90 Å². The first-order valence-corrected chi connectivity index (χ1v) is 10.3. The fraction of sp³-hybridized carbons (Fsp3) is 0.667. The van der Waals surface area contributed by atoms with E-state index in [1.165, 1.54) is 12.8 Å². The Kier molecular flexibility index (Phi) is 4.93. The molecule has 0 saturated carbocycles. The largest absolute Gasteiger partial charge is 0.350 e. The number of fused-ring (bicyclic) bond motifs is 2. The third kappa shape index (κ3) is 3.24. The van der Waals surface area contributed by atoms with Gasteiger partial charge in [0.1, 0.15) is 0 Å². The van der Waals surface area contributed by atoms with Crippen LogP contribution >= 0.6 is 0 Å². The van der Waals surface area contributed by atoms with Crippen molar-refractivity contribution in [2.24, 2.45) is 11.8 Å². The van der Waals surface area contributed by atoms with Gasteiger partial charge in [-0.15, -0.1) is 0 Å². The molecule has 0 aromatic carbocycles. The SMILES string of the molecule is CCC[C@@H](C)N1C[C@H]2C(=O)NC3(CCN(C(=O)c4ccncc4)CC3)[C@H]2C1. The molecular weight excluding hydrogens is 340 g/mol. The van der Waals surface area contributed by atoms with Gasteiger partial charge in [-0.25, -0.2) is 0 Å². The van der Waals surface area contributed by atoms with Gasteiger partial charge in [-0.1, -0.05) is 13.3 Å². The molecule has 3 aliphatic heterocycles. The molecule has 3 fully saturated rings. The highest BCUT2D eigenvalue weighted by Crippen LogP contribution is 2.44. The van der Waals surface area contributed by atoms with Crippen LogP contribution in [0.3, 0.4) is 0 Å². The summed E-state index contributed by atoms with van der Waals surface area (Å²) in [4.78, 5) is 33.8. The summed E-state index contributed by atoms with van der Waals surface area (Å²) >= 11 is 0. The number of hydrogen-bond donors (Lipinski definition) is 1. The molecule has 3 aliphatic rings. The van der Waals surface area contributed by atoms with Gasteiger partial charge >= 0.3 is 0 Å². The molecule has 6 heteroatoms. The molecule has 1 spiro atoms. The van der Waals surface area contributed by atoms with Crippen molar-refractivity contribution in [3.05, 3.63) is 30.1 Å². The summed E-state index contributed by atoms with van der Waals surface area (Å²) in [5.74, 6) is 0.784. The van der Waals surface area contributed by atoms with Crippen molar-refractivity contribution in [2.45, 2.75) is 51.1 Å². The van der Waals surface area contributed by atoms with Crippen molar-refractivity contribution in [1.29, 1.82) is 0 Å². The maximum atomic E-state index is 12.7. The number of amides is 2. The lowest BCUT2D eigenvalue weighted by Crippen LogP contribution is -2.56. The molecule has 4 rings (SSSR count). The van der Waals surface area contributed by atoms with E-state index in [2.05, 4.69) is 29.0 Å². The van der Waals surface area contributed by atoms with Gasteiger partial charge < -0.3 is 10.2 Å². The summed E-state index contributed by atoms with van der Waals surface area (Å²) in [6.45, 7) is 7.80. The number of nitrogens with one attached hydrogen (secondary N) is 1. The maximum Gasteiger partial charge on any atom is 0.253 e. The van der Waals surface area contributed by atoms with Crippen LogP contribution in [-0.4, -0.2) is 64.4 Å². The highest BCUT2D eigenvalue weighted by molar-refractivity contribution is 5.94. The third-order valence-electron chi connectivity index (χ3n) is 6.97. The van der Waals surface area contributed by atoms with Gasteiger partial charge in [0.25, 0.3) is 5.91 Å². The van der Waals surface area contributed by atoms with Gasteiger partial charge in [-0.3, -0.25) is 19.5 Å². The van der Waals surface area contributed by atoms with E-state index in [0.717, 1.165) is 25.9 Å². The summed E-state index contributed by atoms with van der Waals surface area (Å²) in [5, 5.41) is 3.35. The van der Waals surface area contributed by atoms with Gasteiger partial charge in [0.05, 0.1) is 5.92 Å². The Bertz CT molecular complexity index is 699. The van der Waals surface area contributed by atoms with Gasteiger partial charge in [-0.05, 0) is 38.3 Å². The topological polar surface area (TPSA) is 65.5 Å². The van der Waals surface area contributed by atoms with Crippen molar-refractivity contribution in [2.75, 3.05) is 26.2 Å². The molecule has 6 nitrogen and oxygen atoms in total. The highest BCUT2D eigenvalue weighted by atomic mass is 16.2. The molecule has 0 bridgehead atoms. The molecule has 0 unspecified atom stereocenters. The molecule has 146 valence electrons. The Morgan fingerprint density at radius 3 is 2.67 bits per heavy atom. The Hall–Kier alpha value is -1.95. The van der Waals surface area contributed by atoms with Crippen LogP contribution in [-0.2, 0) is 4.79 Å². The number of hydrogen-bond acceptors (Lipinski definition) is 4. The Morgan fingerprint density at radius 2 is 2.00 bits per heavy atom. The predicted octanol–water partition coefficient (Wildman–Crippen LogP) is 1.92. The second-order valence-electron chi connectivity index (χ2n) is 8.48. The molecule has 1 N–H and O–H groups in total. The van der Waals surface area contributed by atoms with Gasteiger partial charge in [0, 0.05) is 61.6 Å². The standard InChI is InChI=1S/C21H30N4O2/c1-3-4-15(2)25-13-17-18(14-25)21(23-19(17)26)7-11-24(12-8-21)20(27)16-5-9-22-10-6-16/h5-6,9-10,15,17-18H,3-4,7-8,11-14H2,1-2H3,(H,23,26)/t15-,17-,18+/m1/s1. The maximum absolute atomic E-state index is 12.7. The summed E-state index contributed by atoms with van der Waals surface area (Å²) in [6.07, 6.45) is 7.38. The minimum atomic E-state index is -0.128. The molecule has 27 heavy (non-hydrogen) atoms. The molecule has 1 aromatic rings. The first-order chi connectivity index (χ1) is 13.0. The lowest BCUT2D eigenvalue weighted by molar-refractivity contribution is -0.123. The molecule has 2 amide bonds. The van der Waals surface area contributed by atoms with Crippen LogP contribution in [0.25, 0.3) is 0 Å². The van der Waals surface area contributed by atoms with Crippen LogP contribution in [0.4, 0.5) is 0 Å². The summed E-state index contributed by atoms with van der Waals surface area (Å²) in [7, 11) is 0. The zero-order chi connectivity index (χ0) is 19.0. The molecular formula is C21H30N4O2. The van der Waals surface area contributed by atoms with Crippen molar-refractivity contribution in [1.82, 2.24) is 20.1 Å². The van der Waals surface area contributed by atoms with Crippen molar-refractivity contribution in [3.63, 3.8) is 0 Å². The predicted molar refractivity (Wildman–Crippen MR) is 103 cm³/mol. The van der Waals surface area contributed by atoms with E-state index in [-0.39, 0.29) is 23.3 Å². The second-order valence-corrected chi connectivity index (χ2v) is 8.48. The lowest BCUT2D eigenvalue weighted by atomic mass is 9.75. The molecule has 0 aliphatic carbocycles. The van der Waals surface area contributed by atoms with Crippen LogP contribution in [0.1, 0.15) is 49.9 Å². The zero-order valence-corrected chi connectivity index (χ0v) is 16.4. The molecule has 4 heterocycles. The zero-order valence-electron chi connectivity index (χ0n) is 16.4. The number of aromatic nitrogens is 1. The molecule has 3 saturated heterocycles. The normalized spacial score (nSPS) is 28.2. The second kappa shape index (κ2) is 7.23. The number of likely N-dealkylation sites (tertiary alicyclic amines) is 2. The van der Waals surface area contributed by atoms with Crippen molar-refractivity contribution < 1.29 is 9.59 Å². The van der Waals surface area contributed by atoms with E-state index in [0.29, 0.717) is 30.6 Å². The van der Waals surface area contributed by atoms with Gasteiger partial charge in [0.2, 0.25) is 5.91 Å². The van der Waals surface area contributed by atoms with Crippen LogP contribution < -0.4 is 5.32 Å². The summed E-state index contributed by atoms with van der Waals surface area (Å²) in [6, 6.07) is 4.08. The first-order valence-electron chi connectivity index (χ1n) is 10.3. The third-order valence-corrected chi connectivity index (χ3v) is 6.97. The van der Waals surface area contributed by atoms with E-state index >= 15 is 0 Å². The van der Waals surface area contributed by atoms with Gasteiger partial charge in [0.15, 0.2) is 0 Å². The minimum Gasteiger partial charge on any atom is -0.350 e. The number of carbonyl (C=O) groups is 2. The van der Waals surface area contributed by atoms with Crippen LogP contribution in [0, 0.1) is 11.8 Å². The number of piperidine rings is 1. The highest BCUT2D eigenvalue weighted by Gasteiger charge is 2.57. The van der Waals surface area contributed by atoms with Crippen LogP contribution in [0.5, 0.6) is 0 Å². The van der Waals surface area contributed by atoms with Gasteiger partial charge in [-0.2, -0.15) is 0 Å². The number of nitrogens with zero attached hydrogens (tertiary/aromatic N) is 3. The van der Waals surface area contributed by atoms with Crippen molar-refractivity contribution in [3.8, 4) is 0 Å². The molecule has 1 aromatic heterocycles. The van der Waals surface area contributed by atoms with Crippen LogP contribution in [0.15, 0.2) is 24.5 Å². The van der Waals surface area contributed by atoms with Crippen LogP contribution in [0.2, 0.25) is 0 Å². The molecule has 3 atom stereocenters. The Labute approximate surface area is 161 Å². The number of rotatable bonds is 4. The molecule has 0 radical (unpaired) electrons. The number of pyridine rings is 1. The van der Waals surface area contributed by atoms with E-state index < -0.39 is 0 Å². The quantitative estimate of drug-likeness (QED) is 0.879. The summed E-state index contributed by atoms with van der Waals surface area (Å²) < 4.78 is 0. The Balaban J connectivity index is 1.43. The van der Waals surface area contributed by atoms with E-state index in [1.54, 1.807) is 24.5 Å². The number of carbonyl (C=O) groups excluding carboxylic acids is 2. The lowest BCUT2D eigenvalue weighted by Gasteiger charge is -2.43. The smallest absolute Gasteiger partial charge is 0.253 e. The minimum absolute atomic E-state index is 0.0674. The van der Waals surface area contributed by atoms with E-state index in [9.17, 15) is 9.59 Å². The fourth-order valence-electron chi connectivity index (χ4n) is 5.33. The summed E-state index contributed by atoms with van der Waals surface area (Å²) in [5.41, 5.74) is 0.562. The van der Waals surface area contributed by atoms with E-state index in [4.69, 9.17) is 0 Å². The fourth-order valence-corrected chi connectivity index (χ4v) is 5.33. The Morgan fingerprint density at radius 1 is 1.30 bits per heavy atom. The average molecular weight is 370 g/mol.